The highest BCUT2D eigenvalue weighted by Crippen LogP contribution is 2.45. The average molecular weight is 382 g/mol. The standard InChI is InChI=1S/C20H21F2NO2.ClH/c1-10-4-3-5-11(2)17(10)14-8-13(12-6-7-12)19(21)18(20(14)22)15(23)9-16(24)25;/h3-5,8,12,15H,6-7,9,23H2,1-2H3,(H,24,25);1H/t15-;/m0./s1. The summed E-state index contributed by atoms with van der Waals surface area (Å²) in [6.45, 7) is 3.75. The second-order valence-electron chi connectivity index (χ2n) is 6.80. The second-order valence-corrected chi connectivity index (χ2v) is 6.80. The molecule has 1 aliphatic carbocycles. The first kappa shape index (κ1) is 20.3. The van der Waals surface area contributed by atoms with Crippen LogP contribution in [0.4, 0.5) is 8.78 Å². The first-order valence-electron chi connectivity index (χ1n) is 8.37. The molecule has 0 radical (unpaired) electrons. The van der Waals surface area contributed by atoms with E-state index >= 15 is 4.39 Å². The van der Waals surface area contributed by atoms with Crippen molar-refractivity contribution < 1.29 is 18.7 Å². The summed E-state index contributed by atoms with van der Waals surface area (Å²) in [5, 5.41) is 8.97. The summed E-state index contributed by atoms with van der Waals surface area (Å²) in [7, 11) is 0. The van der Waals surface area contributed by atoms with Crippen LogP contribution in [-0.2, 0) is 4.79 Å². The zero-order chi connectivity index (χ0) is 18.3. The summed E-state index contributed by atoms with van der Waals surface area (Å²) in [6.07, 6.45) is 1.18. The Labute approximate surface area is 157 Å². The number of halogens is 3. The second kappa shape index (κ2) is 7.72. The summed E-state index contributed by atoms with van der Waals surface area (Å²) < 4.78 is 30.1. The topological polar surface area (TPSA) is 63.3 Å². The molecule has 3 nitrogen and oxygen atoms in total. The lowest BCUT2D eigenvalue weighted by molar-refractivity contribution is -0.137. The number of aryl methyl sites for hydroxylation is 2. The third-order valence-corrected chi connectivity index (χ3v) is 4.80. The van der Waals surface area contributed by atoms with Crippen LogP contribution in [0, 0.1) is 25.5 Å². The molecule has 2 aromatic carbocycles. The Morgan fingerprint density at radius 1 is 1.23 bits per heavy atom. The van der Waals surface area contributed by atoms with Crippen molar-refractivity contribution in [2.24, 2.45) is 5.73 Å². The minimum absolute atomic E-state index is 0. The highest BCUT2D eigenvalue weighted by Gasteiger charge is 2.33. The van der Waals surface area contributed by atoms with E-state index in [-0.39, 0.29) is 23.9 Å². The maximum Gasteiger partial charge on any atom is 0.305 e. The van der Waals surface area contributed by atoms with E-state index in [2.05, 4.69) is 0 Å². The molecular weight excluding hydrogens is 360 g/mol. The van der Waals surface area contributed by atoms with Gasteiger partial charge in [-0.1, -0.05) is 18.2 Å². The molecule has 2 aromatic rings. The molecule has 0 aliphatic heterocycles. The maximum absolute atomic E-state index is 15.2. The van der Waals surface area contributed by atoms with Gasteiger partial charge in [0.1, 0.15) is 11.6 Å². The third kappa shape index (κ3) is 3.74. The van der Waals surface area contributed by atoms with E-state index in [9.17, 15) is 9.18 Å². The molecule has 0 aromatic heterocycles. The Bertz CT molecular complexity index is 830. The van der Waals surface area contributed by atoms with Crippen molar-refractivity contribution in [3.63, 3.8) is 0 Å². The van der Waals surface area contributed by atoms with Crippen LogP contribution in [0.5, 0.6) is 0 Å². The van der Waals surface area contributed by atoms with E-state index in [0.717, 1.165) is 24.0 Å². The Morgan fingerprint density at radius 2 is 1.81 bits per heavy atom. The van der Waals surface area contributed by atoms with Crippen LogP contribution in [0.15, 0.2) is 24.3 Å². The van der Waals surface area contributed by atoms with Crippen molar-refractivity contribution in [1.29, 1.82) is 0 Å². The fraction of sp³-hybridized carbons (Fsp3) is 0.350. The van der Waals surface area contributed by atoms with Gasteiger partial charge in [0.15, 0.2) is 0 Å². The molecule has 3 rings (SSSR count). The zero-order valence-corrected chi connectivity index (χ0v) is 15.5. The normalized spacial score (nSPS) is 14.7. The van der Waals surface area contributed by atoms with E-state index in [0.29, 0.717) is 16.7 Å². The van der Waals surface area contributed by atoms with Crippen LogP contribution in [0.3, 0.4) is 0 Å². The summed E-state index contributed by atoms with van der Waals surface area (Å²) in [5.41, 5.74) is 8.75. The molecule has 1 aliphatic rings. The number of hydrogen-bond acceptors (Lipinski definition) is 2. The van der Waals surface area contributed by atoms with Crippen molar-refractivity contribution in [3.05, 3.63) is 58.2 Å². The Kier molecular flexibility index (Phi) is 6.04. The van der Waals surface area contributed by atoms with Gasteiger partial charge in [0.2, 0.25) is 0 Å². The molecule has 3 N–H and O–H groups in total. The van der Waals surface area contributed by atoms with E-state index < -0.39 is 30.1 Å². The quantitative estimate of drug-likeness (QED) is 0.764. The minimum atomic E-state index is -1.22. The van der Waals surface area contributed by atoms with Gasteiger partial charge < -0.3 is 10.8 Å². The molecule has 6 heteroatoms. The Morgan fingerprint density at radius 3 is 2.31 bits per heavy atom. The van der Waals surface area contributed by atoms with Crippen LogP contribution in [0.25, 0.3) is 11.1 Å². The van der Waals surface area contributed by atoms with Gasteiger partial charge in [0.25, 0.3) is 0 Å². The minimum Gasteiger partial charge on any atom is -0.481 e. The summed E-state index contributed by atoms with van der Waals surface area (Å²) >= 11 is 0. The molecule has 0 unspecified atom stereocenters. The number of carboxylic acids is 1. The zero-order valence-electron chi connectivity index (χ0n) is 14.7. The summed E-state index contributed by atoms with van der Waals surface area (Å²) in [5.74, 6) is -2.58. The van der Waals surface area contributed by atoms with E-state index in [1.54, 1.807) is 6.07 Å². The van der Waals surface area contributed by atoms with Crippen LogP contribution < -0.4 is 5.73 Å². The van der Waals surface area contributed by atoms with Gasteiger partial charge in [-0.2, -0.15) is 0 Å². The molecule has 26 heavy (non-hydrogen) atoms. The number of aliphatic carboxylic acids is 1. The lowest BCUT2D eigenvalue weighted by Crippen LogP contribution is -2.19. The maximum atomic E-state index is 15.2. The first-order chi connectivity index (χ1) is 11.8. The number of nitrogens with two attached hydrogens (primary N) is 1. The molecule has 140 valence electrons. The van der Waals surface area contributed by atoms with Crippen molar-refractivity contribution in [2.75, 3.05) is 0 Å². The van der Waals surface area contributed by atoms with Gasteiger partial charge in [-0.05, 0) is 60.9 Å². The SMILES string of the molecule is Cc1cccc(C)c1-c1cc(C2CC2)c(F)c([C@@H](N)CC(=O)O)c1F.Cl. The molecule has 0 amide bonds. The van der Waals surface area contributed by atoms with E-state index in [4.69, 9.17) is 10.8 Å². The number of carboxylic acid groups (broad SMARTS) is 1. The van der Waals surface area contributed by atoms with Crippen molar-refractivity contribution in [2.45, 2.75) is 45.1 Å². The van der Waals surface area contributed by atoms with Gasteiger partial charge in [0, 0.05) is 17.2 Å². The molecule has 0 saturated heterocycles. The third-order valence-electron chi connectivity index (χ3n) is 4.80. The monoisotopic (exact) mass is 381 g/mol. The Hall–Kier alpha value is -1.98. The van der Waals surface area contributed by atoms with E-state index in [1.165, 1.54) is 0 Å². The molecule has 1 fully saturated rings. The highest BCUT2D eigenvalue weighted by atomic mass is 35.5. The van der Waals surface area contributed by atoms with Gasteiger partial charge in [0.05, 0.1) is 6.42 Å². The van der Waals surface area contributed by atoms with Gasteiger partial charge in [-0.3, -0.25) is 4.79 Å². The van der Waals surface area contributed by atoms with Crippen LogP contribution in [0.2, 0.25) is 0 Å². The fourth-order valence-corrected chi connectivity index (χ4v) is 3.41. The predicted molar refractivity (Wildman–Crippen MR) is 99.7 cm³/mol. The smallest absolute Gasteiger partial charge is 0.305 e. The number of carbonyl (C=O) groups is 1. The van der Waals surface area contributed by atoms with Crippen LogP contribution in [-0.4, -0.2) is 11.1 Å². The number of hydrogen-bond donors (Lipinski definition) is 2. The van der Waals surface area contributed by atoms with Gasteiger partial charge in [-0.15, -0.1) is 12.4 Å². The average Bonchev–Trinajstić information content (AvgIpc) is 3.33. The fourth-order valence-electron chi connectivity index (χ4n) is 3.41. The predicted octanol–water partition coefficient (Wildman–Crippen LogP) is 5.02. The lowest BCUT2D eigenvalue weighted by atomic mass is 9.89. The highest BCUT2D eigenvalue weighted by molar-refractivity contribution is 5.85. The molecule has 0 heterocycles. The van der Waals surface area contributed by atoms with Crippen molar-refractivity contribution in [1.82, 2.24) is 0 Å². The van der Waals surface area contributed by atoms with Gasteiger partial charge >= 0.3 is 5.97 Å². The first-order valence-corrected chi connectivity index (χ1v) is 8.37. The lowest BCUT2D eigenvalue weighted by Gasteiger charge is -2.20. The largest absolute Gasteiger partial charge is 0.481 e. The van der Waals surface area contributed by atoms with Crippen molar-refractivity contribution >= 4 is 18.4 Å². The summed E-state index contributed by atoms with van der Waals surface area (Å²) in [4.78, 5) is 11.0. The molecule has 1 atom stereocenters. The van der Waals surface area contributed by atoms with Crippen molar-refractivity contribution in [3.8, 4) is 11.1 Å². The van der Waals surface area contributed by atoms with Gasteiger partial charge in [-0.25, -0.2) is 8.78 Å². The molecule has 1 saturated carbocycles. The van der Waals surface area contributed by atoms with E-state index in [1.807, 2.05) is 32.0 Å². The Balaban J connectivity index is 0.00000243. The van der Waals surface area contributed by atoms with Crippen LogP contribution in [0.1, 0.15) is 53.5 Å². The summed E-state index contributed by atoms with van der Waals surface area (Å²) in [6, 6.07) is 5.99. The molecule has 0 bridgehead atoms. The molecular formula is C20H22ClF2NO2. The molecule has 0 spiro atoms. The number of rotatable bonds is 5. The number of benzene rings is 2. The van der Waals surface area contributed by atoms with Crippen LogP contribution >= 0.6 is 12.4 Å².